The van der Waals surface area contributed by atoms with E-state index in [0.717, 1.165) is 56.6 Å². The van der Waals surface area contributed by atoms with Gasteiger partial charge in [0.1, 0.15) is 12.4 Å². The molecule has 0 atom stereocenters. The van der Waals surface area contributed by atoms with Crippen molar-refractivity contribution < 1.29 is 28.6 Å². The van der Waals surface area contributed by atoms with Crippen LogP contribution in [0.3, 0.4) is 0 Å². The number of rotatable bonds is 10. The summed E-state index contributed by atoms with van der Waals surface area (Å²) in [6.07, 6.45) is 1.88. The van der Waals surface area contributed by atoms with Crippen molar-refractivity contribution >= 4 is 34.1 Å². The second-order valence-electron chi connectivity index (χ2n) is 11.8. The number of benzene rings is 3. The fraction of sp³-hybridized carbons (Fsp3) is 0.424. The molecule has 1 aliphatic heterocycles. The van der Waals surface area contributed by atoms with Crippen LogP contribution < -0.4 is 20.1 Å². The highest BCUT2D eigenvalue weighted by Crippen LogP contribution is 2.36. The number of anilines is 1. The number of ketones is 1. The van der Waals surface area contributed by atoms with Crippen molar-refractivity contribution in [3.8, 4) is 11.5 Å². The molecule has 0 radical (unpaired) electrons. The first kappa shape index (κ1) is 29.5. The van der Waals surface area contributed by atoms with Gasteiger partial charge in [0.25, 0.3) is 17.6 Å². The van der Waals surface area contributed by atoms with E-state index < -0.39 is 11.7 Å². The first-order chi connectivity index (χ1) is 20.2. The first-order valence-electron chi connectivity index (χ1n) is 14.5. The third kappa shape index (κ3) is 6.74. The molecule has 0 spiro atoms. The topological polar surface area (TPSA) is 106 Å². The molecule has 0 aromatic heterocycles. The molecular formula is C33H39N3O6. The molecule has 2 amide bonds. The zero-order valence-electron chi connectivity index (χ0n) is 24.7. The monoisotopic (exact) mass is 573 g/mol. The summed E-state index contributed by atoms with van der Waals surface area (Å²) in [4.78, 5) is 42.4. The standard InChI is InChI=1S/C33H39N3O6/c1-33(2,3)21-19-26(31(38)34-22-9-10-22)30(40-4)27(20-21)35-32(39)29(37)25-11-12-28(24-8-6-5-7-23(24)25)42-18-15-36-13-16-41-17-14-36/h5-8,11-12,19-20,22H,9-10,13-18H2,1-4H3,(H,34,38)(H,35,39). The van der Waals surface area contributed by atoms with Gasteiger partial charge in [-0.1, -0.05) is 45.0 Å². The minimum atomic E-state index is -0.820. The first-order valence-corrected chi connectivity index (χ1v) is 14.5. The third-order valence-electron chi connectivity index (χ3n) is 7.67. The van der Waals surface area contributed by atoms with E-state index in [1.165, 1.54) is 7.11 Å². The van der Waals surface area contributed by atoms with Crippen molar-refractivity contribution in [3.05, 3.63) is 65.2 Å². The lowest BCUT2D eigenvalue weighted by atomic mass is 9.85. The van der Waals surface area contributed by atoms with Crippen LogP contribution in [-0.2, 0) is 14.9 Å². The van der Waals surface area contributed by atoms with Crippen molar-refractivity contribution in [2.45, 2.75) is 45.1 Å². The quantitative estimate of drug-likeness (QED) is 0.270. The van der Waals surface area contributed by atoms with Gasteiger partial charge >= 0.3 is 0 Å². The number of hydrogen-bond acceptors (Lipinski definition) is 7. The molecule has 3 aromatic rings. The second kappa shape index (κ2) is 12.5. The maximum atomic E-state index is 13.6. The molecule has 222 valence electrons. The van der Waals surface area contributed by atoms with Gasteiger partial charge in [-0.25, -0.2) is 0 Å². The molecule has 3 aromatic carbocycles. The molecule has 2 aliphatic rings. The molecule has 42 heavy (non-hydrogen) atoms. The Morgan fingerprint density at radius 2 is 1.69 bits per heavy atom. The number of methoxy groups -OCH3 is 1. The summed E-state index contributed by atoms with van der Waals surface area (Å²) in [6, 6.07) is 14.5. The number of hydrogen-bond donors (Lipinski definition) is 2. The van der Waals surface area contributed by atoms with Crippen LogP contribution in [0.4, 0.5) is 5.69 Å². The maximum Gasteiger partial charge on any atom is 0.296 e. The molecule has 1 aliphatic carbocycles. The zero-order chi connectivity index (χ0) is 29.9. The molecular weight excluding hydrogens is 534 g/mol. The minimum absolute atomic E-state index is 0.153. The maximum absolute atomic E-state index is 13.6. The summed E-state index contributed by atoms with van der Waals surface area (Å²) in [5.74, 6) is -0.910. The molecule has 1 heterocycles. The van der Waals surface area contributed by atoms with E-state index in [-0.39, 0.29) is 34.4 Å². The zero-order valence-corrected chi connectivity index (χ0v) is 24.7. The Bertz CT molecular complexity index is 1490. The van der Waals surface area contributed by atoms with Crippen molar-refractivity contribution in [3.63, 3.8) is 0 Å². The molecule has 9 nitrogen and oxygen atoms in total. The lowest BCUT2D eigenvalue weighted by Crippen LogP contribution is -2.38. The van der Waals surface area contributed by atoms with Gasteiger partial charge in [-0.3, -0.25) is 19.3 Å². The normalized spacial score (nSPS) is 15.7. The number of carbonyl (C=O) groups excluding carboxylic acids is 3. The Kier molecular flexibility index (Phi) is 8.80. The van der Waals surface area contributed by atoms with E-state index in [9.17, 15) is 14.4 Å². The van der Waals surface area contributed by atoms with Crippen LogP contribution in [0.15, 0.2) is 48.5 Å². The number of carbonyl (C=O) groups is 3. The fourth-order valence-corrected chi connectivity index (χ4v) is 5.04. The molecule has 1 saturated heterocycles. The molecule has 2 fully saturated rings. The van der Waals surface area contributed by atoms with Crippen molar-refractivity contribution in [1.29, 1.82) is 0 Å². The van der Waals surface area contributed by atoms with Gasteiger partial charge in [-0.2, -0.15) is 0 Å². The third-order valence-corrected chi connectivity index (χ3v) is 7.67. The van der Waals surface area contributed by atoms with E-state index >= 15 is 0 Å². The smallest absolute Gasteiger partial charge is 0.296 e. The van der Waals surface area contributed by atoms with Crippen LogP contribution in [0.2, 0.25) is 0 Å². The summed E-state index contributed by atoms with van der Waals surface area (Å²) < 4.78 is 17.1. The Morgan fingerprint density at radius 1 is 0.976 bits per heavy atom. The van der Waals surface area contributed by atoms with Crippen LogP contribution in [-0.4, -0.2) is 75.1 Å². The molecule has 0 bridgehead atoms. The average Bonchev–Trinajstić information content (AvgIpc) is 3.80. The van der Waals surface area contributed by atoms with Crippen molar-refractivity contribution in [1.82, 2.24) is 10.2 Å². The van der Waals surface area contributed by atoms with Gasteiger partial charge in [0.15, 0.2) is 5.75 Å². The highest BCUT2D eigenvalue weighted by molar-refractivity contribution is 6.48. The van der Waals surface area contributed by atoms with Crippen LogP contribution in [0, 0.1) is 0 Å². The van der Waals surface area contributed by atoms with E-state index in [4.69, 9.17) is 14.2 Å². The van der Waals surface area contributed by atoms with E-state index in [0.29, 0.717) is 23.3 Å². The summed E-state index contributed by atoms with van der Waals surface area (Å²) in [7, 11) is 1.45. The van der Waals surface area contributed by atoms with Crippen molar-refractivity contribution in [2.24, 2.45) is 0 Å². The number of amides is 2. The van der Waals surface area contributed by atoms with E-state index in [1.54, 1.807) is 24.3 Å². The van der Waals surface area contributed by atoms with Gasteiger partial charge in [-0.15, -0.1) is 0 Å². The number of fused-ring (bicyclic) bond motifs is 1. The number of nitrogens with zero attached hydrogens (tertiary/aromatic N) is 1. The Balaban J connectivity index is 1.39. The lowest BCUT2D eigenvalue weighted by molar-refractivity contribution is -0.112. The predicted molar refractivity (Wildman–Crippen MR) is 162 cm³/mol. The van der Waals surface area contributed by atoms with Gasteiger partial charge in [0, 0.05) is 36.6 Å². The van der Waals surface area contributed by atoms with Gasteiger partial charge in [0.2, 0.25) is 0 Å². The summed E-state index contributed by atoms with van der Waals surface area (Å²) >= 11 is 0. The summed E-state index contributed by atoms with van der Waals surface area (Å²) in [6.45, 7) is 10.5. The van der Waals surface area contributed by atoms with Crippen LogP contribution in [0.5, 0.6) is 11.5 Å². The average molecular weight is 574 g/mol. The van der Waals surface area contributed by atoms with Crippen LogP contribution >= 0.6 is 0 Å². The molecule has 1 saturated carbocycles. The van der Waals surface area contributed by atoms with E-state index in [2.05, 4.69) is 15.5 Å². The van der Waals surface area contributed by atoms with Gasteiger partial charge in [-0.05, 0) is 53.5 Å². The second-order valence-corrected chi connectivity index (χ2v) is 11.8. The van der Waals surface area contributed by atoms with Crippen molar-refractivity contribution in [2.75, 3.05) is 51.9 Å². The molecule has 0 unspecified atom stereocenters. The fourth-order valence-electron chi connectivity index (χ4n) is 5.04. The SMILES string of the molecule is COc1c(NC(=O)C(=O)c2ccc(OCCN3CCOCC3)c3ccccc23)cc(C(C)(C)C)cc1C(=O)NC1CC1. The number of Topliss-reactive ketones (excluding diaryl/α,β-unsaturated/α-hetero) is 1. The lowest BCUT2D eigenvalue weighted by Gasteiger charge is -2.26. The number of morpholine rings is 1. The molecule has 9 heteroatoms. The van der Waals surface area contributed by atoms with Crippen LogP contribution in [0.1, 0.15) is 59.9 Å². The molecule has 5 rings (SSSR count). The largest absolute Gasteiger partial charge is 0.494 e. The summed E-state index contributed by atoms with van der Waals surface area (Å²) in [5, 5.41) is 7.12. The predicted octanol–water partition coefficient (Wildman–Crippen LogP) is 4.57. The minimum Gasteiger partial charge on any atom is -0.494 e. The van der Waals surface area contributed by atoms with E-state index in [1.807, 2.05) is 45.0 Å². The Hall–Kier alpha value is -3.95. The van der Waals surface area contributed by atoms with Crippen LogP contribution in [0.25, 0.3) is 10.8 Å². The Morgan fingerprint density at radius 3 is 2.36 bits per heavy atom. The van der Waals surface area contributed by atoms with Gasteiger partial charge < -0.3 is 24.8 Å². The number of nitrogens with one attached hydrogen (secondary N) is 2. The molecule has 2 N–H and O–H groups in total. The Labute approximate surface area is 246 Å². The highest BCUT2D eigenvalue weighted by Gasteiger charge is 2.29. The number of ether oxygens (including phenoxy) is 3. The summed E-state index contributed by atoms with van der Waals surface area (Å²) in [5.41, 5.74) is 1.37. The van der Waals surface area contributed by atoms with Gasteiger partial charge in [0.05, 0.1) is 31.6 Å². The highest BCUT2D eigenvalue weighted by atomic mass is 16.5.